The number of nitrogens with one attached hydrogen (secondary N) is 3. The van der Waals surface area contributed by atoms with Crippen LogP contribution in [0.1, 0.15) is 16.6 Å². The highest BCUT2D eigenvalue weighted by molar-refractivity contribution is 7.18. The molecule has 0 bridgehead atoms. The van der Waals surface area contributed by atoms with Gasteiger partial charge in [-0.3, -0.25) is 10.1 Å². The van der Waals surface area contributed by atoms with Gasteiger partial charge in [0.2, 0.25) is 0 Å². The minimum Gasteiger partial charge on any atom is -0.333 e. The van der Waals surface area contributed by atoms with E-state index < -0.39 is 0 Å². The molecule has 3 rings (SSSR count). The van der Waals surface area contributed by atoms with Crippen LogP contribution in [0.15, 0.2) is 42.5 Å². The van der Waals surface area contributed by atoms with Crippen molar-refractivity contribution in [2.75, 3.05) is 30.3 Å². The third-order valence-corrected chi connectivity index (χ3v) is 4.84. The molecule has 3 N–H and O–H groups in total. The topological polar surface area (TPSA) is 73.5 Å². The molecule has 1 saturated heterocycles. The number of urea groups is 1. The fraction of sp³-hybridized carbons (Fsp3) is 0.294. The molecular weight excluding hydrogens is 360 g/mol. The Morgan fingerprint density at radius 3 is 2.64 bits per heavy atom. The highest BCUT2D eigenvalue weighted by Crippen LogP contribution is 2.24. The van der Waals surface area contributed by atoms with Crippen LogP contribution in [-0.4, -0.2) is 42.5 Å². The van der Waals surface area contributed by atoms with Gasteiger partial charge in [-0.25, -0.2) is 4.79 Å². The van der Waals surface area contributed by atoms with Gasteiger partial charge in [0, 0.05) is 31.4 Å². The molecule has 1 aliphatic rings. The molecule has 6 nitrogen and oxygen atoms in total. The molecule has 0 radical (unpaired) electrons. The van der Waals surface area contributed by atoms with Crippen LogP contribution in [0.3, 0.4) is 0 Å². The zero-order valence-corrected chi connectivity index (χ0v) is 15.5. The summed E-state index contributed by atoms with van der Waals surface area (Å²) in [4.78, 5) is 27.1. The van der Waals surface area contributed by atoms with E-state index >= 15 is 0 Å². The second kappa shape index (κ2) is 8.84. The quantitative estimate of drug-likeness (QED) is 0.765. The maximum atomic E-state index is 12.6. The van der Waals surface area contributed by atoms with Gasteiger partial charge >= 0.3 is 6.03 Å². The van der Waals surface area contributed by atoms with E-state index in [9.17, 15) is 9.59 Å². The number of nitrogens with zero attached hydrogens (tertiary/aromatic N) is 1. The van der Waals surface area contributed by atoms with E-state index in [1.165, 1.54) is 11.3 Å². The van der Waals surface area contributed by atoms with E-state index in [4.69, 9.17) is 0 Å². The second-order valence-corrected chi connectivity index (χ2v) is 6.74. The molecule has 0 saturated carbocycles. The summed E-state index contributed by atoms with van der Waals surface area (Å²) in [6.45, 7) is 4.35. The number of piperazine rings is 1. The van der Waals surface area contributed by atoms with E-state index in [2.05, 4.69) is 16.0 Å². The molecule has 0 spiro atoms. The van der Waals surface area contributed by atoms with Gasteiger partial charge in [-0.15, -0.1) is 23.7 Å². The number of amides is 3. The van der Waals surface area contributed by atoms with Crippen molar-refractivity contribution in [2.24, 2.45) is 0 Å². The normalized spacial score (nSPS) is 16.7. The summed E-state index contributed by atoms with van der Waals surface area (Å²) < 4.78 is 0. The lowest BCUT2D eigenvalue weighted by Crippen LogP contribution is -2.52. The number of hydrogen-bond acceptors (Lipinski definition) is 4. The van der Waals surface area contributed by atoms with Crippen molar-refractivity contribution in [2.45, 2.75) is 13.0 Å². The first-order chi connectivity index (χ1) is 11.6. The summed E-state index contributed by atoms with van der Waals surface area (Å²) in [5.74, 6) is 0.0190. The maximum Gasteiger partial charge on any atom is 0.324 e. The summed E-state index contributed by atoms with van der Waals surface area (Å²) in [5, 5.41) is 9.43. The minimum absolute atomic E-state index is 0. The molecule has 1 atom stereocenters. The maximum absolute atomic E-state index is 12.6. The molecule has 25 heavy (non-hydrogen) atoms. The molecule has 3 amide bonds. The highest BCUT2D eigenvalue weighted by atomic mass is 35.5. The average molecular weight is 381 g/mol. The van der Waals surface area contributed by atoms with E-state index in [-0.39, 0.29) is 30.4 Å². The van der Waals surface area contributed by atoms with Crippen LogP contribution in [0.25, 0.3) is 0 Å². The second-order valence-electron chi connectivity index (χ2n) is 5.66. The van der Waals surface area contributed by atoms with Crippen molar-refractivity contribution in [1.29, 1.82) is 0 Å². The molecule has 0 unspecified atom stereocenters. The van der Waals surface area contributed by atoms with Gasteiger partial charge in [-0.1, -0.05) is 18.2 Å². The first kappa shape index (κ1) is 19.2. The molecule has 0 aliphatic carbocycles. The van der Waals surface area contributed by atoms with E-state index in [0.717, 1.165) is 18.8 Å². The first-order valence-corrected chi connectivity index (χ1v) is 8.70. The Labute approximate surface area is 157 Å². The minimum atomic E-state index is -0.322. The monoisotopic (exact) mass is 380 g/mol. The zero-order chi connectivity index (χ0) is 16.9. The van der Waals surface area contributed by atoms with Gasteiger partial charge < -0.3 is 15.5 Å². The lowest BCUT2D eigenvalue weighted by atomic mass is 10.2. The molecule has 8 heteroatoms. The number of anilines is 2. The summed E-state index contributed by atoms with van der Waals surface area (Å²) in [6.07, 6.45) is 0. The highest BCUT2D eigenvalue weighted by Gasteiger charge is 2.25. The number of carbonyl (C=O) groups is 2. The number of benzene rings is 1. The van der Waals surface area contributed by atoms with Crippen LogP contribution in [0.2, 0.25) is 0 Å². The summed E-state index contributed by atoms with van der Waals surface area (Å²) in [7, 11) is 0. The predicted octanol–water partition coefficient (Wildman–Crippen LogP) is 3.25. The Balaban J connectivity index is 0.00000225. The van der Waals surface area contributed by atoms with E-state index in [1.54, 1.807) is 12.1 Å². The van der Waals surface area contributed by atoms with E-state index in [0.29, 0.717) is 16.4 Å². The van der Waals surface area contributed by atoms with Crippen LogP contribution >= 0.6 is 23.7 Å². The van der Waals surface area contributed by atoms with Crippen molar-refractivity contribution in [3.63, 3.8) is 0 Å². The standard InChI is InChI=1S/C17H20N4O2S.ClH/c1-12-11-18-9-10-21(12)16(22)14-7-8-15(24-14)20-17(23)19-13-5-3-2-4-6-13;/h2-8,12,18H,9-11H2,1H3,(H2,19,20,23);1H/t12-;/m0./s1. The summed E-state index contributed by atoms with van der Waals surface area (Å²) in [5.41, 5.74) is 0.720. The van der Waals surface area contributed by atoms with Gasteiger partial charge in [0.25, 0.3) is 5.91 Å². The molecule has 1 aromatic heterocycles. The number of rotatable bonds is 3. The average Bonchev–Trinajstić information content (AvgIpc) is 3.04. The SMILES string of the molecule is C[C@H]1CNCCN1C(=O)c1ccc(NC(=O)Nc2ccccc2)s1.Cl. The van der Waals surface area contributed by atoms with Crippen molar-refractivity contribution in [3.8, 4) is 0 Å². The number of carbonyl (C=O) groups excluding carboxylic acids is 2. The van der Waals surface area contributed by atoms with Crippen molar-refractivity contribution in [3.05, 3.63) is 47.3 Å². The number of halogens is 1. The van der Waals surface area contributed by atoms with Crippen LogP contribution < -0.4 is 16.0 Å². The smallest absolute Gasteiger partial charge is 0.324 e. The Bertz CT molecular complexity index is 722. The van der Waals surface area contributed by atoms with Crippen molar-refractivity contribution < 1.29 is 9.59 Å². The number of hydrogen-bond donors (Lipinski definition) is 3. The van der Waals surface area contributed by atoms with Crippen LogP contribution in [0.5, 0.6) is 0 Å². The molecule has 1 aliphatic heterocycles. The third-order valence-electron chi connectivity index (χ3n) is 3.85. The predicted molar refractivity (Wildman–Crippen MR) is 104 cm³/mol. The molecule has 134 valence electrons. The van der Waals surface area contributed by atoms with Gasteiger partial charge in [0.1, 0.15) is 0 Å². The number of thiophene rings is 1. The van der Waals surface area contributed by atoms with Crippen LogP contribution in [0.4, 0.5) is 15.5 Å². The Kier molecular flexibility index (Phi) is 6.81. The lowest BCUT2D eigenvalue weighted by molar-refractivity contribution is 0.0661. The van der Waals surface area contributed by atoms with Crippen molar-refractivity contribution in [1.82, 2.24) is 10.2 Å². The summed E-state index contributed by atoms with van der Waals surface area (Å²) >= 11 is 1.29. The molecular formula is C17H21ClN4O2S. The molecule has 2 heterocycles. The largest absolute Gasteiger partial charge is 0.333 e. The summed E-state index contributed by atoms with van der Waals surface area (Å²) in [6, 6.07) is 12.6. The first-order valence-electron chi connectivity index (χ1n) is 7.88. The number of para-hydroxylation sites is 1. The molecule has 1 fully saturated rings. The van der Waals surface area contributed by atoms with Gasteiger partial charge in [0.15, 0.2) is 0 Å². The lowest BCUT2D eigenvalue weighted by Gasteiger charge is -2.33. The van der Waals surface area contributed by atoms with Crippen molar-refractivity contribution >= 4 is 46.4 Å². The van der Waals surface area contributed by atoms with Crippen LogP contribution in [-0.2, 0) is 0 Å². The third kappa shape index (κ3) is 4.94. The Morgan fingerprint density at radius 1 is 1.16 bits per heavy atom. The Hall–Kier alpha value is -2.09. The van der Waals surface area contributed by atoms with Gasteiger partial charge in [-0.05, 0) is 31.2 Å². The molecule has 1 aromatic carbocycles. The fourth-order valence-electron chi connectivity index (χ4n) is 2.60. The Morgan fingerprint density at radius 2 is 1.92 bits per heavy atom. The van der Waals surface area contributed by atoms with Crippen LogP contribution in [0, 0.1) is 0 Å². The molecule has 2 aromatic rings. The zero-order valence-electron chi connectivity index (χ0n) is 13.8. The van der Waals surface area contributed by atoms with Gasteiger partial charge in [0.05, 0.1) is 9.88 Å². The van der Waals surface area contributed by atoms with E-state index in [1.807, 2.05) is 42.2 Å². The van der Waals surface area contributed by atoms with Gasteiger partial charge in [-0.2, -0.15) is 0 Å². The fourth-order valence-corrected chi connectivity index (χ4v) is 3.46.